The van der Waals surface area contributed by atoms with E-state index in [-0.39, 0.29) is 0 Å². The Labute approximate surface area is 53.0 Å². The second kappa shape index (κ2) is 2.22. The van der Waals surface area contributed by atoms with Crippen molar-refractivity contribution in [2.75, 3.05) is 0 Å². The summed E-state index contributed by atoms with van der Waals surface area (Å²) in [5.41, 5.74) is 3.97. The lowest BCUT2D eigenvalue weighted by molar-refractivity contribution is 0.891. The number of hydrogen-bond acceptors (Lipinski definition) is 3. The van der Waals surface area contributed by atoms with Gasteiger partial charge in [0.1, 0.15) is 0 Å². The van der Waals surface area contributed by atoms with E-state index in [2.05, 4.69) is 10.5 Å². The SMILES string of the molecule is CC1=CSC(C)=NN1. The Morgan fingerprint density at radius 2 is 2.38 bits per heavy atom. The van der Waals surface area contributed by atoms with Gasteiger partial charge in [-0.15, -0.1) is 0 Å². The van der Waals surface area contributed by atoms with Crippen LogP contribution < -0.4 is 5.43 Å². The Hall–Kier alpha value is -0.440. The molecule has 0 atom stereocenters. The molecule has 0 aromatic rings. The van der Waals surface area contributed by atoms with E-state index < -0.39 is 0 Å². The van der Waals surface area contributed by atoms with E-state index in [1.54, 1.807) is 11.8 Å². The molecule has 1 aliphatic rings. The summed E-state index contributed by atoms with van der Waals surface area (Å²) in [5.74, 6) is 0. The lowest BCUT2D eigenvalue weighted by Crippen LogP contribution is -2.07. The molecule has 1 rings (SSSR count). The van der Waals surface area contributed by atoms with Crippen molar-refractivity contribution in [1.82, 2.24) is 5.43 Å². The highest BCUT2D eigenvalue weighted by Crippen LogP contribution is 2.11. The van der Waals surface area contributed by atoms with Crippen LogP contribution in [0.2, 0.25) is 0 Å². The van der Waals surface area contributed by atoms with E-state index in [0.29, 0.717) is 0 Å². The molecule has 0 saturated heterocycles. The minimum absolute atomic E-state index is 1.07. The number of hydrogen-bond donors (Lipinski definition) is 1. The molecule has 1 N–H and O–H groups in total. The van der Waals surface area contributed by atoms with Gasteiger partial charge in [-0.25, -0.2) is 0 Å². The summed E-state index contributed by atoms with van der Waals surface area (Å²) in [6.07, 6.45) is 0. The summed E-state index contributed by atoms with van der Waals surface area (Å²) in [5, 5.41) is 7.08. The molecule has 0 bridgehead atoms. The van der Waals surface area contributed by atoms with Crippen LogP contribution >= 0.6 is 11.8 Å². The van der Waals surface area contributed by atoms with Gasteiger partial charge in [-0.3, -0.25) is 5.43 Å². The van der Waals surface area contributed by atoms with Gasteiger partial charge in [0, 0.05) is 5.70 Å². The van der Waals surface area contributed by atoms with Crippen molar-refractivity contribution in [3.63, 3.8) is 0 Å². The van der Waals surface area contributed by atoms with Gasteiger partial charge in [0.25, 0.3) is 0 Å². The lowest BCUT2D eigenvalue weighted by Gasteiger charge is -2.05. The summed E-state index contributed by atoms with van der Waals surface area (Å²) < 4.78 is 0. The molecule has 44 valence electrons. The van der Waals surface area contributed by atoms with E-state index >= 15 is 0 Å². The molecule has 8 heavy (non-hydrogen) atoms. The average molecular weight is 128 g/mol. The maximum atomic E-state index is 3.97. The van der Waals surface area contributed by atoms with Crippen LogP contribution in [-0.4, -0.2) is 5.04 Å². The second-order valence-electron chi connectivity index (χ2n) is 1.66. The normalized spacial score (nSPS) is 18.8. The van der Waals surface area contributed by atoms with E-state index in [4.69, 9.17) is 0 Å². The number of allylic oxidation sites excluding steroid dienone is 1. The highest BCUT2D eigenvalue weighted by molar-refractivity contribution is 8.16. The lowest BCUT2D eigenvalue weighted by atomic mass is 10.6. The molecule has 2 nitrogen and oxygen atoms in total. The second-order valence-corrected chi connectivity index (χ2v) is 2.72. The quantitative estimate of drug-likeness (QED) is 0.535. The predicted octanol–water partition coefficient (Wildman–Crippen LogP) is 1.52. The molecule has 0 fully saturated rings. The van der Waals surface area contributed by atoms with Gasteiger partial charge in [-0.1, -0.05) is 11.8 Å². The fraction of sp³-hybridized carbons (Fsp3) is 0.400. The van der Waals surface area contributed by atoms with E-state index in [1.165, 1.54) is 0 Å². The smallest absolute Gasteiger partial charge is 0.0946 e. The first-order chi connectivity index (χ1) is 3.79. The van der Waals surface area contributed by atoms with E-state index in [9.17, 15) is 0 Å². The highest BCUT2D eigenvalue weighted by Gasteiger charge is 1.95. The number of thioether (sulfide) groups is 1. The zero-order chi connectivity index (χ0) is 5.98. The zero-order valence-electron chi connectivity index (χ0n) is 4.93. The largest absolute Gasteiger partial charge is 0.282 e. The van der Waals surface area contributed by atoms with Crippen molar-refractivity contribution in [2.45, 2.75) is 13.8 Å². The predicted molar refractivity (Wildman–Crippen MR) is 37.6 cm³/mol. The summed E-state index contributed by atoms with van der Waals surface area (Å²) >= 11 is 1.65. The van der Waals surface area contributed by atoms with Gasteiger partial charge in [-0.05, 0) is 19.3 Å². The van der Waals surface area contributed by atoms with Crippen molar-refractivity contribution in [3.05, 3.63) is 11.1 Å². The van der Waals surface area contributed by atoms with Crippen molar-refractivity contribution in [3.8, 4) is 0 Å². The van der Waals surface area contributed by atoms with Crippen LogP contribution in [0.3, 0.4) is 0 Å². The number of rotatable bonds is 0. The van der Waals surface area contributed by atoms with Crippen molar-refractivity contribution >= 4 is 16.8 Å². The first-order valence-corrected chi connectivity index (χ1v) is 3.31. The van der Waals surface area contributed by atoms with Gasteiger partial charge < -0.3 is 0 Å². The Morgan fingerprint density at radius 3 is 2.75 bits per heavy atom. The minimum Gasteiger partial charge on any atom is -0.282 e. The molecule has 0 aromatic heterocycles. The fourth-order valence-corrected chi connectivity index (χ4v) is 0.892. The van der Waals surface area contributed by atoms with Gasteiger partial charge in [0.05, 0.1) is 5.04 Å². The highest BCUT2D eigenvalue weighted by atomic mass is 32.2. The first kappa shape index (κ1) is 5.69. The third-order valence-electron chi connectivity index (χ3n) is 0.796. The van der Waals surface area contributed by atoms with E-state index in [1.807, 2.05) is 19.3 Å². The van der Waals surface area contributed by atoms with Gasteiger partial charge in [0.2, 0.25) is 0 Å². The molecule has 3 heteroatoms. The van der Waals surface area contributed by atoms with Crippen LogP contribution in [0.25, 0.3) is 0 Å². The molecule has 1 aliphatic heterocycles. The van der Waals surface area contributed by atoms with Crippen LogP contribution in [0.15, 0.2) is 16.2 Å². The maximum Gasteiger partial charge on any atom is 0.0946 e. The Bertz CT molecular complexity index is 131. The third kappa shape index (κ3) is 1.26. The third-order valence-corrected chi connectivity index (χ3v) is 1.70. The van der Waals surface area contributed by atoms with E-state index in [0.717, 1.165) is 10.7 Å². The van der Waals surface area contributed by atoms with Gasteiger partial charge in [-0.2, -0.15) is 5.10 Å². The summed E-state index contributed by atoms with van der Waals surface area (Å²) in [6.45, 7) is 3.96. The van der Waals surface area contributed by atoms with Crippen LogP contribution in [0.4, 0.5) is 0 Å². The topological polar surface area (TPSA) is 24.4 Å². The van der Waals surface area contributed by atoms with Crippen LogP contribution in [0.1, 0.15) is 13.8 Å². The van der Waals surface area contributed by atoms with Crippen LogP contribution in [0, 0.1) is 0 Å². The van der Waals surface area contributed by atoms with Crippen molar-refractivity contribution in [2.24, 2.45) is 5.10 Å². The zero-order valence-corrected chi connectivity index (χ0v) is 5.75. The van der Waals surface area contributed by atoms with Crippen molar-refractivity contribution < 1.29 is 0 Å². The molecule has 0 aromatic carbocycles. The molecule has 0 radical (unpaired) electrons. The Balaban J connectivity index is 2.54. The number of hydrazone groups is 1. The summed E-state index contributed by atoms with van der Waals surface area (Å²) in [6, 6.07) is 0. The number of nitrogens with one attached hydrogen (secondary N) is 1. The summed E-state index contributed by atoms with van der Waals surface area (Å²) in [7, 11) is 0. The molecule has 0 saturated carbocycles. The maximum absolute atomic E-state index is 3.97. The standard InChI is InChI=1S/C5H8N2S/c1-4-3-8-5(2)7-6-4/h3,6H,1-2H3. The monoisotopic (exact) mass is 128 g/mol. The van der Waals surface area contributed by atoms with Gasteiger partial charge in [0.15, 0.2) is 0 Å². The molecule has 0 aliphatic carbocycles. The molecular weight excluding hydrogens is 120 g/mol. The summed E-state index contributed by atoms with van der Waals surface area (Å²) in [4.78, 5) is 0. The Kier molecular flexibility index (Phi) is 1.58. The average Bonchev–Trinajstić information content (AvgIpc) is 1.77. The molecular formula is C5H8N2S. The Morgan fingerprint density at radius 1 is 1.62 bits per heavy atom. The first-order valence-electron chi connectivity index (χ1n) is 2.43. The fourth-order valence-electron chi connectivity index (χ4n) is 0.393. The number of nitrogens with zero attached hydrogens (tertiary/aromatic N) is 1. The minimum atomic E-state index is 1.07. The van der Waals surface area contributed by atoms with Gasteiger partial charge >= 0.3 is 0 Å². The molecule has 0 spiro atoms. The molecule has 0 unspecified atom stereocenters. The van der Waals surface area contributed by atoms with Crippen LogP contribution in [-0.2, 0) is 0 Å². The molecule has 1 heterocycles. The molecule has 0 amide bonds. The van der Waals surface area contributed by atoms with Crippen molar-refractivity contribution in [1.29, 1.82) is 0 Å². The van der Waals surface area contributed by atoms with Crippen LogP contribution in [0.5, 0.6) is 0 Å².